The highest BCUT2D eigenvalue weighted by Crippen LogP contribution is 2.41. The fourth-order valence-electron chi connectivity index (χ4n) is 4.43. The van der Waals surface area contributed by atoms with Crippen LogP contribution in [0.2, 0.25) is 0 Å². The fourth-order valence-corrected chi connectivity index (χ4v) is 4.43. The number of aliphatic hydroxyl groups is 1. The van der Waals surface area contributed by atoms with Crippen LogP contribution in [-0.2, 0) is 21.5 Å². The molecule has 0 bridgehead atoms. The van der Waals surface area contributed by atoms with Crippen LogP contribution in [-0.4, -0.2) is 33.8 Å². The monoisotopic (exact) mass is 470 g/mol. The lowest BCUT2D eigenvalue weighted by Crippen LogP contribution is -2.29. The van der Waals surface area contributed by atoms with Gasteiger partial charge in [0.25, 0.3) is 11.7 Å². The summed E-state index contributed by atoms with van der Waals surface area (Å²) in [5.41, 5.74) is 3.70. The van der Waals surface area contributed by atoms with E-state index in [2.05, 4.69) is 25.8 Å². The van der Waals surface area contributed by atoms with Gasteiger partial charge in [-0.2, -0.15) is 0 Å². The number of aliphatic hydroxyl groups excluding tert-OH is 1. The van der Waals surface area contributed by atoms with E-state index in [1.165, 1.54) is 4.90 Å². The van der Waals surface area contributed by atoms with E-state index in [1.54, 1.807) is 25.6 Å². The average molecular weight is 471 g/mol. The third-order valence-corrected chi connectivity index (χ3v) is 6.43. The Morgan fingerprint density at radius 1 is 1.09 bits per heavy atom. The van der Waals surface area contributed by atoms with Crippen molar-refractivity contribution in [2.24, 2.45) is 0 Å². The Labute approximate surface area is 205 Å². The quantitative estimate of drug-likeness (QED) is 0.310. The molecule has 2 heterocycles. The SMILES string of the molecule is COc1ccccc1CN1C(=O)C(=O)/C(=C(/O)c2cc(C(C)(C)C)ccc2C)C1c1cccnc1. The first kappa shape index (κ1) is 24.2. The van der Waals surface area contributed by atoms with Crippen LogP contribution in [0.3, 0.4) is 0 Å². The number of carbonyl (C=O) groups is 2. The van der Waals surface area contributed by atoms with Gasteiger partial charge < -0.3 is 14.7 Å². The Balaban J connectivity index is 1.90. The number of aryl methyl sites for hydroxylation is 1. The molecule has 1 N–H and O–H groups in total. The molecule has 6 nitrogen and oxygen atoms in total. The third-order valence-electron chi connectivity index (χ3n) is 6.43. The van der Waals surface area contributed by atoms with Crippen molar-refractivity contribution in [2.75, 3.05) is 7.11 Å². The van der Waals surface area contributed by atoms with E-state index < -0.39 is 17.7 Å². The van der Waals surface area contributed by atoms with Gasteiger partial charge in [-0.1, -0.05) is 57.2 Å². The minimum atomic E-state index is -0.786. The maximum absolute atomic E-state index is 13.4. The predicted octanol–water partition coefficient (Wildman–Crippen LogP) is 5.32. The zero-order valence-corrected chi connectivity index (χ0v) is 20.7. The van der Waals surface area contributed by atoms with E-state index in [9.17, 15) is 14.7 Å². The van der Waals surface area contributed by atoms with Crippen LogP contribution in [0.4, 0.5) is 0 Å². The van der Waals surface area contributed by atoms with Gasteiger partial charge in [0, 0.05) is 23.5 Å². The molecule has 1 aliphatic rings. The van der Waals surface area contributed by atoms with Crippen molar-refractivity contribution in [2.45, 2.75) is 45.7 Å². The Hall–Kier alpha value is -3.93. The second-order valence-corrected chi connectivity index (χ2v) is 9.80. The summed E-state index contributed by atoms with van der Waals surface area (Å²) in [6, 6.07) is 16.0. The minimum Gasteiger partial charge on any atom is -0.507 e. The molecule has 4 rings (SSSR count). The van der Waals surface area contributed by atoms with E-state index in [4.69, 9.17) is 4.74 Å². The number of rotatable bonds is 5. The molecule has 1 aromatic heterocycles. The highest BCUT2D eigenvalue weighted by molar-refractivity contribution is 6.46. The smallest absolute Gasteiger partial charge is 0.295 e. The Morgan fingerprint density at radius 3 is 2.49 bits per heavy atom. The number of para-hydroxylation sites is 1. The summed E-state index contributed by atoms with van der Waals surface area (Å²) in [6.45, 7) is 8.29. The van der Waals surface area contributed by atoms with Crippen molar-refractivity contribution in [3.63, 3.8) is 0 Å². The molecule has 3 aromatic rings. The summed E-state index contributed by atoms with van der Waals surface area (Å²) in [7, 11) is 1.57. The number of hydrogen-bond donors (Lipinski definition) is 1. The van der Waals surface area contributed by atoms with Crippen LogP contribution in [0.1, 0.15) is 54.6 Å². The zero-order chi connectivity index (χ0) is 25.3. The normalized spacial score (nSPS) is 17.6. The number of nitrogens with zero attached hydrogens (tertiary/aromatic N) is 2. The molecule has 0 aliphatic carbocycles. The molecule has 1 atom stereocenters. The largest absolute Gasteiger partial charge is 0.507 e. The molecule has 6 heteroatoms. The number of carbonyl (C=O) groups excluding carboxylic acids is 2. The summed E-state index contributed by atoms with van der Waals surface area (Å²) >= 11 is 0. The Morgan fingerprint density at radius 2 is 1.83 bits per heavy atom. The molecule has 0 radical (unpaired) electrons. The van der Waals surface area contributed by atoms with Crippen LogP contribution in [0, 0.1) is 6.92 Å². The lowest BCUT2D eigenvalue weighted by atomic mass is 9.84. The molecule has 35 heavy (non-hydrogen) atoms. The number of ether oxygens (including phenoxy) is 1. The van der Waals surface area contributed by atoms with Gasteiger partial charge in [0.1, 0.15) is 11.5 Å². The second kappa shape index (κ2) is 9.37. The first-order valence-electron chi connectivity index (χ1n) is 11.5. The van der Waals surface area contributed by atoms with Crippen molar-refractivity contribution in [3.05, 3.63) is 100 Å². The highest BCUT2D eigenvalue weighted by atomic mass is 16.5. The van der Waals surface area contributed by atoms with Gasteiger partial charge in [0.15, 0.2) is 0 Å². The molecule has 1 amide bonds. The fraction of sp³-hybridized carbons (Fsp3) is 0.276. The van der Waals surface area contributed by atoms with Gasteiger partial charge >= 0.3 is 0 Å². The summed E-state index contributed by atoms with van der Waals surface area (Å²) in [5.74, 6) is -0.945. The van der Waals surface area contributed by atoms with Gasteiger partial charge in [-0.15, -0.1) is 0 Å². The topological polar surface area (TPSA) is 79.7 Å². The number of aromatic nitrogens is 1. The molecule has 1 fully saturated rings. The highest BCUT2D eigenvalue weighted by Gasteiger charge is 2.46. The van der Waals surface area contributed by atoms with Crippen LogP contribution in [0.25, 0.3) is 5.76 Å². The number of amides is 1. The van der Waals surface area contributed by atoms with E-state index in [1.807, 2.05) is 55.5 Å². The zero-order valence-electron chi connectivity index (χ0n) is 20.7. The molecule has 1 aliphatic heterocycles. The molecule has 1 unspecified atom stereocenters. The number of pyridine rings is 1. The van der Waals surface area contributed by atoms with Crippen LogP contribution < -0.4 is 4.74 Å². The van der Waals surface area contributed by atoms with Crippen LogP contribution in [0.5, 0.6) is 5.75 Å². The standard InChI is InChI=1S/C29H30N2O4/c1-18-12-13-21(29(2,3)4)15-22(18)26(32)24-25(19-10-8-14-30-16-19)31(28(34)27(24)33)17-20-9-6-7-11-23(20)35-5/h6-16,25,32H,17H2,1-5H3/b26-24+. The molecular formula is C29H30N2O4. The summed E-state index contributed by atoms with van der Waals surface area (Å²) in [4.78, 5) is 32.4. The van der Waals surface area contributed by atoms with E-state index in [0.717, 1.165) is 16.7 Å². The molecule has 0 saturated carbocycles. The Bertz CT molecular complexity index is 1310. The molecule has 180 valence electrons. The lowest BCUT2D eigenvalue weighted by Gasteiger charge is -2.26. The van der Waals surface area contributed by atoms with Crippen molar-refractivity contribution >= 4 is 17.4 Å². The number of Topliss-reactive ketones (excluding diaryl/α,β-unsaturated/α-hetero) is 1. The summed E-state index contributed by atoms with van der Waals surface area (Å²) in [5, 5.41) is 11.5. The lowest BCUT2D eigenvalue weighted by molar-refractivity contribution is -0.140. The Kier molecular flexibility index (Phi) is 6.48. The first-order chi connectivity index (χ1) is 16.6. The predicted molar refractivity (Wildman–Crippen MR) is 135 cm³/mol. The summed E-state index contributed by atoms with van der Waals surface area (Å²) < 4.78 is 5.47. The molecular weight excluding hydrogens is 440 g/mol. The van der Waals surface area contributed by atoms with Crippen molar-refractivity contribution in [3.8, 4) is 5.75 Å². The van der Waals surface area contributed by atoms with Gasteiger partial charge in [-0.25, -0.2) is 0 Å². The number of likely N-dealkylation sites (tertiary alicyclic amines) is 1. The molecule has 0 spiro atoms. The first-order valence-corrected chi connectivity index (χ1v) is 11.5. The molecule has 2 aromatic carbocycles. The van der Waals surface area contributed by atoms with Gasteiger partial charge in [-0.05, 0) is 47.2 Å². The van der Waals surface area contributed by atoms with Crippen molar-refractivity contribution in [1.82, 2.24) is 9.88 Å². The van der Waals surface area contributed by atoms with Gasteiger partial charge in [-0.3, -0.25) is 14.6 Å². The average Bonchev–Trinajstić information content (AvgIpc) is 3.09. The second-order valence-electron chi connectivity index (χ2n) is 9.80. The number of methoxy groups -OCH3 is 1. The maximum atomic E-state index is 13.4. The third kappa shape index (κ3) is 4.56. The number of benzene rings is 2. The summed E-state index contributed by atoms with van der Waals surface area (Å²) in [6.07, 6.45) is 3.25. The van der Waals surface area contributed by atoms with E-state index >= 15 is 0 Å². The number of ketones is 1. The van der Waals surface area contributed by atoms with E-state index in [-0.39, 0.29) is 23.3 Å². The van der Waals surface area contributed by atoms with Crippen molar-refractivity contribution in [1.29, 1.82) is 0 Å². The van der Waals surface area contributed by atoms with Gasteiger partial charge in [0.2, 0.25) is 0 Å². The number of hydrogen-bond acceptors (Lipinski definition) is 5. The van der Waals surface area contributed by atoms with Crippen LogP contribution >= 0.6 is 0 Å². The van der Waals surface area contributed by atoms with Crippen molar-refractivity contribution < 1.29 is 19.4 Å². The minimum absolute atomic E-state index is 0.0621. The van der Waals surface area contributed by atoms with E-state index in [0.29, 0.717) is 16.9 Å². The van der Waals surface area contributed by atoms with Gasteiger partial charge in [0.05, 0.1) is 25.3 Å². The molecule has 1 saturated heterocycles. The maximum Gasteiger partial charge on any atom is 0.295 e. The van der Waals surface area contributed by atoms with Crippen LogP contribution in [0.15, 0.2) is 72.6 Å².